The molecule has 0 fully saturated rings. The fraction of sp³-hybridized carbons (Fsp3) is 0.273. The van der Waals surface area contributed by atoms with Gasteiger partial charge in [-0.3, -0.25) is 0 Å². The summed E-state index contributed by atoms with van der Waals surface area (Å²) in [6.07, 6.45) is 1.92. The van der Waals surface area contributed by atoms with Crippen molar-refractivity contribution in [2.45, 2.75) is 19.6 Å². The molecule has 0 saturated heterocycles. The van der Waals surface area contributed by atoms with Crippen molar-refractivity contribution >= 4 is 0 Å². The normalized spacial score (nSPS) is 12.4. The Morgan fingerprint density at radius 1 is 1.42 bits per heavy atom. The Kier molecular flexibility index (Phi) is 3.55. The molecule has 0 bridgehead atoms. The SMILES string of the molecule is C=C[C@H](C)OCc1ccccc1. The lowest BCUT2D eigenvalue weighted by molar-refractivity contribution is 0.0843. The molecule has 0 aliphatic carbocycles. The van der Waals surface area contributed by atoms with Crippen LogP contribution in [0.3, 0.4) is 0 Å². The molecule has 64 valence electrons. The molecule has 0 aliphatic rings. The van der Waals surface area contributed by atoms with E-state index in [4.69, 9.17) is 4.74 Å². The van der Waals surface area contributed by atoms with Crippen molar-refractivity contribution in [3.05, 3.63) is 48.6 Å². The molecule has 0 saturated carbocycles. The molecular weight excluding hydrogens is 148 g/mol. The quantitative estimate of drug-likeness (QED) is 0.618. The molecule has 1 rings (SSSR count). The lowest BCUT2D eigenvalue weighted by atomic mass is 10.2. The molecule has 0 heterocycles. The monoisotopic (exact) mass is 162 g/mol. The van der Waals surface area contributed by atoms with Gasteiger partial charge in [-0.2, -0.15) is 0 Å². The minimum atomic E-state index is 0.130. The molecule has 0 spiro atoms. The van der Waals surface area contributed by atoms with E-state index in [0.29, 0.717) is 6.61 Å². The van der Waals surface area contributed by atoms with Crippen molar-refractivity contribution in [3.8, 4) is 0 Å². The minimum absolute atomic E-state index is 0.130. The minimum Gasteiger partial charge on any atom is -0.370 e. The van der Waals surface area contributed by atoms with Crippen molar-refractivity contribution in [1.82, 2.24) is 0 Å². The maximum absolute atomic E-state index is 5.46. The highest BCUT2D eigenvalue weighted by atomic mass is 16.5. The predicted molar refractivity (Wildman–Crippen MR) is 50.9 cm³/mol. The highest BCUT2D eigenvalue weighted by molar-refractivity contribution is 5.13. The van der Waals surface area contributed by atoms with Crippen LogP contribution in [0.5, 0.6) is 0 Å². The lowest BCUT2D eigenvalue weighted by Gasteiger charge is -2.07. The maximum Gasteiger partial charge on any atom is 0.0729 e. The lowest BCUT2D eigenvalue weighted by Crippen LogP contribution is -2.03. The van der Waals surface area contributed by atoms with Gasteiger partial charge in [0.2, 0.25) is 0 Å². The second-order valence-corrected chi connectivity index (χ2v) is 2.74. The van der Waals surface area contributed by atoms with Gasteiger partial charge in [0.05, 0.1) is 12.7 Å². The highest BCUT2D eigenvalue weighted by Crippen LogP contribution is 2.02. The zero-order valence-electron chi connectivity index (χ0n) is 7.36. The van der Waals surface area contributed by atoms with Gasteiger partial charge in [0.1, 0.15) is 0 Å². The highest BCUT2D eigenvalue weighted by Gasteiger charge is 1.95. The van der Waals surface area contributed by atoms with Crippen LogP contribution < -0.4 is 0 Å². The Morgan fingerprint density at radius 3 is 2.67 bits per heavy atom. The molecular formula is C11H14O. The van der Waals surface area contributed by atoms with Crippen molar-refractivity contribution in [2.24, 2.45) is 0 Å². The Hall–Kier alpha value is -1.08. The summed E-state index contributed by atoms with van der Waals surface area (Å²) in [6.45, 7) is 6.29. The van der Waals surface area contributed by atoms with Gasteiger partial charge in [0.25, 0.3) is 0 Å². The first-order chi connectivity index (χ1) is 5.83. The summed E-state index contributed by atoms with van der Waals surface area (Å²) in [5, 5.41) is 0. The van der Waals surface area contributed by atoms with E-state index in [1.165, 1.54) is 5.56 Å². The van der Waals surface area contributed by atoms with E-state index < -0.39 is 0 Å². The summed E-state index contributed by atoms with van der Waals surface area (Å²) in [7, 11) is 0. The molecule has 0 aliphatic heterocycles. The van der Waals surface area contributed by atoms with Crippen LogP contribution in [-0.4, -0.2) is 6.10 Å². The third-order valence-electron chi connectivity index (χ3n) is 1.69. The van der Waals surface area contributed by atoms with Crippen LogP contribution in [0.15, 0.2) is 43.0 Å². The molecule has 0 unspecified atom stereocenters. The topological polar surface area (TPSA) is 9.23 Å². The zero-order valence-corrected chi connectivity index (χ0v) is 7.36. The Balaban J connectivity index is 2.38. The van der Waals surface area contributed by atoms with Crippen LogP contribution in [-0.2, 0) is 11.3 Å². The smallest absolute Gasteiger partial charge is 0.0729 e. The standard InChI is InChI=1S/C11H14O/c1-3-10(2)12-9-11-7-5-4-6-8-11/h3-8,10H,1,9H2,2H3/t10-/m0/s1. The largest absolute Gasteiger partial charge is 0.370 e. The van der Waals surface area contributed by atoms with Crippen LogP contribution in [0, 0.1) is 0 Å². The van der Waals surface area contributed by atoms with E-state index in [2.05, 4.69) is 18.7 Å². The first kappa shape index (κ1) is 9.01. The van der Waals surface area contributed by atoms with Crippen molar-refractivity contribution < 1.29 is 4.74 Å². The average Bonchev–Trinajstić information content (AvgIpc) is 2.16. The summed E-state index contributed by atoms with van der Waals surface area (Å²) in [4.78, 5) is 0. The molecule has 1 aromatic carbocycles. The maximum atomic E-state index is 5.46. The Labute approximate surface area is 73.7 Å². The van der Waals surface area contributed by atoms with E-state index >= 15 is 0 Å². The van der Waals surface area contributed by atoms with Gasteiger partial charge in [-0.05, 0) is 12.5 Å². The summed E-state index contributed by atoms with van der Waals surface area (Å²) in [5.41, 5.74) is 1.20. The van der Waals surface area contributed by atoms with Crippen LogP contribution in [0.1, 0.15) is 12.5 Å². The summed E-state index contributed by atoms with van der Waals surface area (Å²) in [6, 6.07) is 10.1. The predicted octanol–water partition coefficient (Wildman–Crippen LogP) is 2.78. The fourth-order valence-corrected chi connectivity index (χ4v) is 0.870. The number of hydrogen-bond donors (Lipinski definition) is 0. The molecule has 0 N–H and O–H groups in total. The van der Waals surface area contributed by atoms with Gasteiger partial charge >= 0.3 is 0 Å². The van der Waals surface area contributed by atoms with Crippen molar-refractivity contribution in [3.63, 3.8) is 0 Å². The molecule has 1 nitrogen and oxygen atoms in total. The molecule has 1 atom stereocenters. The van der Waals surface area contributed by atoms with Gasteiger partial charge < -0.3 is 4.74 Å². The first-order valence-electron chi connectivity index (χ1n) is 4.11. The van der Waals surface area contributed by atoms with Crippen molar-refractivity contribution in [1.29, 1.82) is 0 Å². The molecule has 0 aromatic heterocycles. The van der Waals surface area contributed by atoms with Crippen molar-refractivity contribution in [2.75, 3.05) is 0 Å². The summed E-state index contributed by atoms with van der Waals surface area (Å²) < 4.78 is 5.46. The number of hydrogen-bond acceptors (Lipinski definition) is 1. The number of benzene rings is 1. The van der Waals surface area contributed by atoms with E-state index in [9.17, 15) is 0 Å². The van der Waals surface area contributed by atoms with Gasteiger partial charge in [-0.15, -0.1) is 6.58 Å². The number of ether oxygens (including phenoxy) is 1. The molecule has 12 heavy (non-hydrogen) atoms. The van der Waals surface area contributed by atoms with E-state index in [-0.39, 0.29) is 6.10 Å². The molecule has 1 aromatic rings. The zero-order chi connectivity index (χ0) is 8.81. The van der Waals surface area contributed by atoms with E-state index in [1.54, 1.807) is 6.08 Å². The van der Waals surface area contributed by atoms with E-state index in [0.717, 1.165) is 0 Å². The van der Waals surface area contributed by atoms with Crippen LogP contribution in [0.25, 0.3) is 0 Å². The number of rotatable bonds is 4. The molecule has 1 heteroatoms. The fourth-order valence-electron chi connectivity index (χ4n) is 0.870. The first-order valence-corrected chi connectivity index (χ1v) is 4.11. The van der Waals surface area contributed by atoms with Crippen LogP contribution in [0.4, 0.5) is 0 Å². The average molecular weight is 162 g/mol. The van der Waals surface area contributed by atoms with Gasteiger partial charge in [0, 0.05) is 0 Å². The third-order valence-corrected chi connectivity index (χ3v) is 1.69. The van der Waals surface area contributed by atoms with Crippen LogP contribution >= 0.6 is 0 Å². The summed E-state index contributed by atoms with van der Waals surface area (Å²) >= 11 is 0. The Bertz CT molecular complexity index is 228. The van der Waals surface area contributed by atoms with Gasteiger partial charge in [-0.1, -0.05) is 36.4 Å². The summed E-state index contributed by atoms with van der Waals surface area (Å²) in [5.74, 6) is 0. The third kappa shape index (κ3) is 2.89. The van der Waals surface area contributed by atoms with Gasteiger partial charge in [-0.25, -0.2) is 0 Å². The van der Waals surface area contributed by atoms with Crippen LogP contribution in [0.2, 0.25) is 0 Å². The molecule has 0 radical (unpaired) electrons. The molecule has 0 amide bonds. The second-order valence-electron chi connectivity index (χ2n) is 2.74. The second kappa shape index (κ2) is 4.73. The van der Waals surface area contributed by atoms with Gasteiger partial charge in [0.15, 0.2) is 0 Å². The van der Waals surface area contributed by atoms with E-state index in [1.807, 2.05) is 25.1 Å². The Morgan fingerprint density at radius 2 is 2.08 bits per heavy atom.